The van der Waals surface area contributed by atoms with Gasteiger partial charge in [0.25, 0.3) is 0 Å². The van der Waals surface area contributed by atoms with Gasteiger partial charge in [0.05, 0.1) is 5.02 Å². The Bertz CT molecular complexity index is 447. The van der Waals surface area contributed by atoms with Crippen LogP contribution >= 0.6 is 22.9 Å². The standard InChI is InChI=1S/C10H8ClFS/c1-2-7-5-8-9(11)3-6(12)4-10(8)13-7/h3-5H,2H2,1H3. The van der Waals surface area contributed by atoms with Crippen LogP contribution in [0.5, 0.6) is 0 Å². The fraction of sp³-hybridized carbons (Fsp3) is 0.200. The van der Waals surface area contributed by atoms with E-state index in [4.69, 9.17) is 11.6 Å². The molecule has 0 aliphatic rings. The molecule has 1 aromatic carbocycles. The minimum Gasteiger partial charge on any atom is -0.207 e. The SMILES string of the molecule is CCc1cc2c(Cl)cc(F)cc2s1. The van der Waals surface area contributed by atoms with Crippen molar-refractivity contribution in [2.45, 2.75) is 13.3 Å². The molecule has 2 rings (SSSR count). The van der Waals surface area contributed by atoms with Gasteiger partial charge in [-0.25, -0.2) is 4.39 Å². The smallest absolute Gasteiger partial charge is 0.126 e. The van der Waals surface area contributed by atoms with Gasteiger partial charge in [-0.15, -0.1) is 11.3 Å². The largest absolute Gasteiger partial charge is 0.207 e. The Balaban J connectivity index is 2.75. The molecule has 1 heterocycles. The molecule has 68 valence electrons. The predicted molar refractivity (Wildman–Crippen MR) is 56.2 cm³/mol. The van der Waals surface area contributed by atoms with Crippen molar-refractivity contribution < 1.29 is 4.39 Å². The summed E-state index contributed by atoms with van der Waals surface area (Å²) in [5.41, 5.74) is 0. The van der Waals surface area contributed by atoms with E-state index in [-0.39, 0.29) is 5.82 Å². The van der Waals surface area contributed by atoms with E-state index in [1.807, 2.05) is 6.07 Å². The van der Waals surface area contributed by atoms with Crippen molar-refractivity contribution in [1.82, 2.24) is 0 Å². The highest BCUT2D eigenvalue weighted by atomic mass is 35.5. The maximum absolute atomic E-state index is 12.9. The third-order valence-corrected chi connectivity index (χ3v) is 3.49. The van der Waals surface area contributed by atoms with Crippen molar-refractivity contribution in [1.29, 1.82) is 0 Å². The van der Waals surface area contributed by atoms with Crippen molar-refractivity contribution in [2.24, 2.45) is 0 Å². The van der Waals surface area contributed by atoms with Gasteiger partial charge in [-0.3, -0.25) is 0 Å². The zero-order valence-corrected chi connectivity index (χ0v) is 8.68. The first-order valence-electron chi connectivity index (χ1n) is 4.08. The van der Waals surface area contributed by atoms with Crippen LogP contribution in [0.3, 0.4) is 0 Å². The molecule has 0 fully saturated rings. The molecule has 0 atom stereocenters. The quantitative estimate of drug-likeness (QED) is 0.666. The van der Waals surface area contributed by atoms with Crippen LogP contribution in [0.4, 0.5) is 4.39 Å². The molecule has 0 amide bonds. The lowest BCUT2D eigenvalue weighted by atomic mass is 10.2. The molecule has 0 bridgehead atoms. The Morgan fingerprint density at radius 3 is 2.85 bits per heavy atom. The van der Waals surface area contributed by atoms with E-state index >= 15 is 0 Å². The summed E-state index contributed by atoms with van der Waals surface area (Å²) in [6.45, 7) is 2.08. The van der Waals surface area contributed by atoms with E-state index in [1.54, 1.807) is 11.3 Å². The fourth-order valence-corrected chi connectivity index (χ4v) is 2.66. The minimum absolute atomic E-state index is 0.262. The average Bonchev–Trinajstić information content (AvgIpc) is 2.47. The molecule has 0 N–H and O–H groups in total. The molecule has 13 heavy (non-hydrogen) atoms. The van der Waals surface area contributed by atoms with Crippen LogP contribution in [0.25, 0.3) is 10.1 Å². The normalized spacial score (nSPS) is 11.0. The summed E-state index contributed by atoms with van der Waals surface area (Å²) >= 11 is 7.50. The van der Waals surface area contributed by atoms with Crippen molar-refractivity contribution >= 4 is 33.0 Å². The minimum atomic E-state index is -0.262. The summed E-state index contributed by atoms with van der Waals surface area (Å²) in [4.78, 5) is 1.24. The highest BCUT2D eigenvalue weighted by molar-refractivity contribution is 7.19. The van der Waals surface area contributed by atoms with Crippen LogP contribution in [0.1, 0.15) is 11.8 Å². The molecule has 0 aliphatic heterocycles. The molecule has 0 spiro atoms. The van der Waals surface area contributed by atoms with Crippen molar-refractivity contribution in [2.75, 3.05) is 0 Å². The third kappa shape index (κ3) is 1.56. The zero-order valence-electron chi connectivity index (χ0n) is 7.10. The Labute approximate surface area is 85.0 Å². The Morgan fingerprint density at radius 1 is 1.38 bits per heavy atom. The third-order valence-electron chi connectivity index (χ3n) is 1.95. The molecule has 2 aromatic rings. The van der Waals surface area contributed by atoms with E-state index in [9.17, 15) is 4.39 Å². The van der Waals surface area contributed by atoms with Crippen molar-refractivity contribution in [3.63, 3.8) is 0 Å². The highest BCUT2D eigenvalue weighted by Gasteiger charge is 2.05. The number of thiophene rings is 1. The van der Waals surface area contributed by atoms with Gasteiger partial charge in [-0.1, -0.05) is 18.5 Å². The second-order valence-corrected chi connectivity index (χ2v) is 4.44. The number of hydrogen-bond acceptors (Lipinski definition) is 1. The lowest BCUT2D eigenvalue weighted by Crippen LogP contribution is -1.72. The van der Waals surface area contributed by atoms with E-state index < -0.39 is 0 Å². The summed E-state index contributed by atoms with van der Waals surface area (Å²) in [6, 6.07) is 4.92. The first-order valence-corrected chi connectivity index (χ1v) is 5.27. The number of aryl methyl sites for hydroxylation is 1. The lowest BCUT2D eigenvalue weighted by Gasteiger charge is -1.92. The number of hydrogen-bond donors (Lipinski definition) is 0. The number of benzene rings is 1. The zero-order chi connectivity index (χ0) is 9.42. The van der Waals surface area contributed by atoms with Crippen molar-refractivity contribution in [3.05, 3.63) is 33.9 Å². The Hall–Kier alpha value is -0.600. The first-order chi connectivity index (χ1) is 6.20. The Kier molecular flexibility index (Phi) is 2.26. The number of rotatable bonds is 1. The molecular formula is C10H8ClFS. The van der Waals surface area contributed by atoms with Gasteiger partial charge < -0.3 is 0 Å². The molecule has 3 heteroatoms. The van der Waals surface area contributed by atoms with Gasteiger partial charge in [0.15, 0.2) is 0 Å². The molecular weight excluding hydrogens is 207 g/mol. The molecule has 0 radical (unpaired) electrons. The number of halogens is 2. The fourth-order valence-electron chi connectivity index (χ4n) is 1.29. The predicted octanol–water partition coefficient (Wildman–Crippen LogP) is 4.26. The lowest BCUT2D eigenvalue weighted by molar-refractivity contribution is 0.630. The van der Waals surface area contributed by atoms with Gasteiger partial charge >= 0.3 is 0 Å². The summed E-state index contributed by atoms with van der Waals surface area (Å²) in [6.07, 6.45) is 0.970. The van der Waals surface area contributed by atoms with E-state index in [1.165, 1.54) is 17.0 Å². The summed E-state index contributed by atoms with van der Waals surface area (Å²) < 4.78 is 13.9. The topological polar surface area (TPSA) is 0 Å². The molecule has 0 unspecified atom stereocenters. The monoisotopic (exact) mass is 214 g/mol. The van der Waals surface area contributed by atoms with Gasteiger partial charge in [0.2, 0.25) is 0 Å². The second kappa shape index (κ2) is 3.28. The molecule has 0 aliphatic carbocycles. The summed E-state index contributed by atoms with van der Waals surface area (Å²) in [5, 5.41) is 1.47. The van der Waals surface area contributed by atoms with Crippen molar-refractivity contribution in [3.8, 4) is 0 Å². The molecule has 0 nitrogen and oxygen atoms in total. The van der Waals surface area contributed by atoms with Crippen LogP contribution in [-0.2, 0) is 6.42 Å². The Morgan fingerprint density at radius 2 is 2.15 bits per heavy atom. The van der Waals surface area contributed by atoms with Crippen LogP contribution < -0.4 is 0 Å². The van der Waals surface area contributed by atoms with Gasteiger partial charge in [0.1, 0.15) is 5.82 Å². The highest BCUT2D eigenvalue weighted by Crippen LogP contribution is 2.32. The summed E-state index contributed by atoms with van der Waals surface area (Å²) in [7, 11) is 0. The molecule has 0 saturated heterocycles. The maximum Gasteiger partial charge on any atom is 0.126 e. The van der Waals surface area contributed by atoms with Crippen LogP contribution in [0.2, 0.25) is 5.02 Å². The van der Waals surface area contributed by atoms with Crippen LogP contribution in [0, 0.1) is 5.82 Å². The van der Waals surface area contributed by atoms with Crippen LogP contribution in [-0.4, -0.2) is 0 Å². The number of fused-ring (bicyclic) bond motifs is 1. The van der Waals surface area contributed by atoms with Gasteiger partial charge in [0, 0.05) is 15.0 Å². The second-order valence-electron chi connectivity index (χ2n) is 2.87. The average molecular weight is 215 g/mol. The van der Waals surface area contributed by atoms with Gasteiger partial charge in [-0.05, 0) is 24.6 Å². The van der Waals surface area contributed by atoms with Gasteiger partial charge in [-0.2, -0.15) is 0 Å². The first kappa shape index (κ1) is 8.97. The van der Waals surface area contributed by atoms with E-state index in [2.05, 4.69) is 6.92 Å². The molecule has 0 saturated carbocycles. The van der Waals surface area contributed by atoms with E-state index in [0.29, 0.717) is 5.02 Å². The summed E-state index contributed by atoms with van der Waals surface area (Å²) in [5.74, 6) is -0.262. The van der Waals surface area contributed by atoms with Crippen LogP contribution in [0.15, 0.2) is 18.2 Å². The van der Waals surface area contributed by atoms with E-state index in [0.717, 1.165) is 16.5 Å². The molecule has 1 aromatic heterocycles. The maximum atomic E-state index is 12.9.